The molecule has 0 unspecified atom stereocenters. The van der Waals surface area contributed by atoms with E-state index in [1.807, 2.05) is 17.0 Å². The van der Waals surface area contributed by atoms with E-state index in [0.717, 1.165) is 18.8 Å². The van der Waals surface area contributed by atoms with E-state index in [2.05, 4.69) is 19.2 Å². The Bertz CT molecular complexity index is 365. The first-order valence-corrected chi connectivity index (χ1v) is 6.66. The standard InChI is InChI=1S/C14H22N2O2/c1-11-6-12(2)10-16(9-11)14(17)8-15-7-13-4-3-5-18-13/h3-5,11-12,15H,6-10H2,1-2H3/t11-,12+. The maximum absolute atomic E-state index is 12.1. The fourth-order valence-electron chi connectivity index (χ4n) is 2.68. The first kappa shape index (κ1) is 13.1. The van der Waals surface area contributed by atoms with Crippen molar-refractivity contribution in [2.75, 3.05) is 19.6 Å². The third-order valence-corrected chi connectivity index (χ3v) is 3.38. The van der Waals surface area contributed by atoms with Crippen LogP contribution in [-0.4, -0.2) is 30.4 Å². The van der Waals surface area contributed by atoms with Crippen LogP contribution >= 0.6 is 0 Å². The zero-order valence-electron chi connectivity index (χ0n) is 11.2. The minimum Gasteiger partial charge on any atom is -0.468 e. The molecule has 0 spiro atoms. The Balaban J connectivity index is 1.74. The van der Waals surface area contributed by atoms with Gasteiger partial charge >= 0.3 is 0 Å². The van der Waals surface area contributed by atoms with Crippen LogP contribution in [-0.2, 0) is 11.3 Å². The molecule has 1 N–H and O–H groups in total. The van der Waals surface area contributed by atoms with E-state index in [9.17, 15) is 4.79 Å². The molecule has 4 heteroatoms. The van der Waals surface area contributed by atoms with E-state index in [-0.39, 0.29) is 5.91 Å². The number of hydrogen-bond donors (Lipinski definition) is 1. The second kappa shape index (κ2) is 6.05. The van der Waals surface area contributed by atoms with Crippen LogP contribution in [0.4, 0.5) is 0 Å². The van der Waals surface area contributed by atoms with Crippen LogP contribution in [0.5, 0.6) is 0 Å². The van der Waals surface area contributed by atoms with Gasteiger partial charge in [0, 0.05) is 13.1 Å². The van der Waals surface area contributed by atoms with Gasteiger partial charge in [0.05, 0.1) is 19.4 Å². The van der Waals surface area contributed by atoms with Crippen LogP contribution in [0.2, 0.25) is 0 Å². The highest BCUT2D eigenvalue weighted by Crippen LogP contribution is 2.20. The Morgan fingerprint density at radius 1 is 1.44 bits per heavy atom. The summed E-state index contributed by atoms with van der Waals surface area (Å²) in [6.07, 6.45) is 2.87. The number of rotatable bonds is 4. The van der Waals surface area contributed by atoms with E-state index >= 15 is 0 Å². The van der Waals surface area contributed by atoms with E-state index in [1.165, 1.54) is 6.42 Å². The van der Waals surface area contributed by atoms with Crippen LogP contribution in [0.1, 0.15) is 26.0 Å². The zero-order valence-corrected chi connectivity index (χ0v) is 11.2. The highest BCUT2D eigenvalue weighted by Gasteiger charge is 2.24. The minimum atomic E-state index is 0.194. The van der Waals surface area contributed by atoms with Gasteiger partial charge in [-0.1, -0.05) is 13.8 Å². The van der Waals surface area contributed by atoms with E-state index < -0.39 is 0 Å². The average Bonchev–Trinajstić information content (AvgIpc) is 2.80. The molecule has 2 rings (SSSR count). The van der Waals surface area contributed by atoms with Gasteiger partial charge in [-0.15, -0.1) is 0 Å². The minimum absolute atomic E-state index is 0.194. The first-order chi connectivity index (χ1) is 8.65. The molecule has 18 heavy (non-hydrogen) atoms. The average molecular weight is 250 g/mol. The topological polar surface area (TPSA) is 45.5 Å². The summed E-state index contributed by atoms with van der Waals surface area (Å²) in [5, 5.41) is 3.13. The molecule has 0 aliphatic carbocycles. The number of likely N-dealkylation sites (tertiary alicyclic amines) is 1. The summed E-state index contributed by atoms with van der Waals surface area (Å²) in [4.78, 5) is 14.0. The number of furan rings is 1. The molecular formula is C14H22N2O2. The smallest absolute Gasteiger partial charge is 0.236 e. The third kappa shape index (κ3) is 3.60. The summed E-state index contributed by atoms with van der Waals surface area (Å²) in [5.41, 5.74) is 0. The van der Waals surface area contributed by atoms with Gasteiger partial charge in [0.2, 0.25) is 5.91 Å². The van der Waals surface area contributed by atoms with Gasteiger partial charge in [-0.3, -0.25) is 4.79 Å². The van der Waals surface area contributed by atoms with Crippen molar-refractivity contribution in [2.24, 2.45) is 11.8 Å². The van der Waals surface area contributed by atoms with Gasteiger partial charge in [-0.25, -0.2) is 0 Å². The highest BCUT2D eigenvalue weighted by atomic mass is 16.3. The molecule has 0 radical (unpaired) electrons. The van der Waals surface area contributed by atoms with Gasteiger partial charge in [-0.2, -0.15) is 0 Å². The fourth-order valence-corrected chi connectivity index (χ4v) is 2.68. The molecule has 1 aliphatic rings. The van der Waals surface area contributed by atoms with Crippen LogP contribution in [0.15, 0.2) is 22.8 Å². The lowest BCUT2D eigenvalue weighted by Gasteiger charge is -2.35. The summed E-state index contributed by atoms with van der Waals surface area (Å²) < 4.78 is 5.21. The number of nitrogens with zero attached hydrogens (tertiary/aromatic N) is 1. The van der Waals surface area contributed by atoms with Crippen molar-refractivity contribution in [3.05, 3.63) is 24.2 Å². The second-order valence-electron chi connectivity index (χ2n) is 5.43. The van der Waals surface area contributed by atoms with Gasteiger partial charge in [0.15, 0.2) is 0 Å². The zero-order chi connectivity index (χ0) is 13.0. The third-order valence-electron chi connectivity index (χ3n) is 3.38. The van der Waals surface area contributed by atoms with Crippen molar-refractivity contribution < 1.29 is 9.21 Å². The summed E-state index contributed by atoms with van der Waals surface area (Å²) in [5.74, 6) is 2.29. The van der Waals surface area contributed by atoms with Crippen LogP contribution < -0.4 is 5.32 Å². The van der Waals surface area contributed by atoms with E-state index in [0.29, 0.717) is 24.9 Å². The molecule has 2 atom stereocenters. The summed E-state index contributed by atoms with van der Waals surface area (Å²) in [6, 6.07) is 3.76. The predicted octanol–water partition coefficient (Wildman–Crippen LogP) is 1.87. The number of piperidine rings is 1. The fraction of sp³-hybridized carbons (Fsp3) is 0.643. The van der Waals surface area contributed by atoms with Crippen LogP contribution in [0.25, 0.3) is 0 Å². The van der Waals surface area contributed by atoms with Crippen LogP contribution in [0.3, 0.4) is 0 Å². The lowest BCUT2D eigenvalue weighted by atomic mass is 9.92. The van der Waals surface area contributed by atoms with Crippen molar-refractivity contribution in [1.82, 2.24) is 10.2 Å². The molecule has 1 aromatic rings. The molecule has 0 saturated carbocycles. The predicted molar refractivity (Wildman–Crippen MR) is 69.9 cm³/mol. The Hall–Kier alpha value is -1.29. The van der Waals surface area contributed by atoms with Gasteiger partial charge < -0.3 is 14.6 Å². The maximum Gasteiger partial charge on any atom is 0.236 e. The molecule has 4 nitrogen and oxygen atoms in total. The molecule has 0 bridgehead atoms. The van der Waals surface area contributed by atoms with Gasteiger partial charge in [-0.05, 0) is 30.4 Å². The highest BCUT2D eigenvalue weighted by molar-refractivity contribution is 5.78. The second-order valence-corrected chi connectivity index (χ2v) is 5.43. The largest absolute Gasteiger partial charge is 0.468 e. The Morgan fingerprint density at radius 2 is 2.17 bits per heavy atom. The molecule has 1 saturated heterocycles. The van der Waals surface area contributed by atoms with Crippen LogP contribution in [0, 0.1) is 11.8 Å². The van der Waals surface area contributed by atoms with Crippen molar-refractivity contribution >= 4 is 5.91 Å². The Morgan fingerprint density at radius 3 is 2.78 bits per heavy atom. The molecule has 1 aliphatic heterocycles. The molecule has 2 heterocycles. The number of nitrogens with one attached hydrogen (secondary N) is 1. The van der Waals surface area contributed by atoms with E-state index in [1.54, 1.807) is 6.26 Å². The maximum atomic E-state index is 12.1. The van der Waals surface area contributed by atoms with E-state index in [4.69, 9.17) is 4.42 Å². The van der Waals surface area contributed by atoms with Crippen molar-refractivity contribution in [3.8, 4) is 0 Å². The summed E-state index contributed by atoms with van der Waals surface area (Å²) in [7, 11) is 0. The summed E-state index contributed by atoms with van der Waals surface area (Å²) in [6.45, 7) is 7.22. The molecule has 0 aromatic carbocycles. The van der Waals surface area contributed by atoms with Crippen molar-refractivity contribution in [2.45, 2.75) is 26.8 Å². The van der Waals surface area contributed by atoms with Crippen molar-refractivity contribution in [3.63, 3.8) is 0 Å². The number of carbonyl (C=O) groups excluding carboxylic acids is 1. The lowest BCUT2D eigenvalue weighted by Crippen LogP contribution is -2.45. The Kier molecular flexibility index (Phi) is 4.42. The normalized spacial score (nSPS) is 24.2. The quantitative estimate of drug-likeness (QED) is 0.887. The van der Waals surface area contributed by atoms with Gasteiger partial charge in [0.25, 0.3) is 0 Å². The molecule has 1 amide bonds. The molecule has 1 fully saturated rings. The lowest BCUT2D eigenvalue weighted by molar-refractivity contribution is -0.132. The number of carbonyl (C=O) groups is 1. The first-order valence-electron chi connectivity index (χ1n) is 6.66. The molecular weight excluding hydrogens is 228 g/mol. The number of hydrogen-bond acceptors (Lipinski definition) is 3. The molecule has 1 aromatic heterocycles. The molecule has 100 valence electrons. The van der Waals surface area contributed by atoms with Gasteiger partial charge in [0.1, 0.15) is 5.76 Å². The Labute approximate surface area is 108 Å². The number of amides is 1. The SMILES string of the molecule is C[C@@H]1C[C@H](C)CN(C(=O)CNCc2ccco2)C1. The monoisotopic (exact) mass is 250 g/mol. The van der Waals surface area contributed by atoms with Crippen molar-refractivity contribution in [1.29, 1.82) is 0 Å². The summed E-state index contributed by atoms with van der Waals surface area (Å²) >= 11 is 0.